The van der Waals surface area contributed by atoms with E-state index in [1.165, 1.54) is 11.1 Å². The Morgan fingerprint density at radius 2 is 1.47 bits per heavy atom. The lowest BCUT2D eigenvalue weighted by molar-refractivity contribution is 0.0919. The van der Waals surface area contributed by atoms with E-state index < -0.39 is 0 Å². The van der Waals surface area contributed by atoms with E-state index >= 15 is 0 Å². The van der Waals surface area contributed by atoms with E-state index in [0.717, 1.165) is 11.3 Å². The Bertz CT molecular complexity index is 1330. The fourth-order valence-corrected chi connectivity index (χ4v) is 4.20. The number of amides is 1. The van der Waals surface area contributed by atoms with Crippen molar-refractivity contribution in [3.63, 3.8) is 0 Å². The average molecular weight is 514 g/mol. The summed E-state index contributed by atoms with van der Waals surface area (Å²) in [4.78, 5) is 12.6. The van der Waals surface area contributed by atoms with Crippen molar-refractivity contribution in [1.29, 1.82) is 0 Å². The quantitative estimate of drug-likeness (QED) is 0.223. The number of nitrogens with one attached hydrogen (secondary N) is 1. The zero-order chi connectivity index (χ0) is 27.0. The van der Waals surface area contributed by atoms with Crippen LogP contribution in [-0.4, -0.2) is 19.1 Å². The van der Waals surface area contributed by atoms with Gasteiger partial charge in [-0.05, 0) is 66.9 Å². The Labute approximate surface area is 224 Å². The molecule has 4 aromatic rings. The monoisotopic (exact) mass is 513 g/mol. The first-order chi connectivity index (χ1) is 18.4. The molecule has 4 rings (SSSR count). The van der Waals surface area contributed by atoms with Gasteiger partial charge in [-0.1, -0.05) is 62.4 Å². The lowest BCUT2D eigenvalue weighted by atomic mass is 9.78. The molecule has 1 heterocycles. The number of benzene rings is 3. The fraction of sp³-hybridized carbons (Fsp3) is 0.281. The molecule has 0 saturated heterocycles. The standard InChI is InChI=1S/C32H35NO5/c1-5-35-28-18-12-23(20-30(28)36-6-2)21-33-31(34)29-19-17-27(38-29)22-37-26-15-13-25(14-16-26)32(3,4)24-10-8-7-9-11-24/h7-20H,5-6,21-22H2,1-4H3,(H,33,34). The van der Waals surface area contributed by atoms with Crippen LogP contribution >= 0.6 is 0 Å². The van der Waals surface area contributed by atoms with Gasteiger partial charge in [-0.25, -0.2) is 0 Å². The van der Waals surface area contributed by atoms with E-state index in [4.69, 9.17) is 18.6 Å². The van der Waals surface area contributed by atoms with Gasteiger partial charge < -0.3 is 23.9 Å². The zero-order valence-electron chi connectivity index (χ0n) is 22.5. The lowest BCUT2D eigenvalue weighted by Gasteiger charge is -2.26. The average Bonchev–Trinajstić information content (AvgIpc) is 3.42. The molecule has 0 saturated carbocycles. The molecule has 0 spiro atoms. The topological polar surface area (TPSA) is 69.9 Å². The number of furan rings is 1. The zero-order valence-corrected chi connectivity index (χ0v) is 22.5. The highest BCUT2D eigenvalue weighted by atomic mass is 16.5. The molecule has 38 heavy (non-hydrogen) atoms. The van der Waals surface area contributed by atoms with Crippen molar-refractivity contribution in [3.05, 3.63) is 113 Å². The largest absolute Gasteiger partial charge is 0.490 e. The molecule has 0 aliphatic carbocycles. The summed E-state index contributed by atoms with van der Waals surface area (Å²) in [6.45, 7) is 9.92. The Morgan fingerprint density at radius 3 is 2.18 bits per heavy atom. The summed E-state index contributed by atoms with van der Waals surface area (Å²) in [5.74, 6) is 2.60. The molecule has 0 radical (unpaired) electrons. The van der Waals surface area contributed by atoms with Gasteiger partial charge >= 0.3 is 0 Å². The minimum absolute atomic E-state index is 0.112. The first kappa shape index (κ1) is 26.9. The molecule has 198 valence electrons. The van der Waals surface area contributed by atoms with E-state index in [9.17, 15) is 4.79 Å². The van der Waals surface area contributed by atoms with Crippen molar-refractivity contribution in [2.24, 2.45) is 0 Å². The molecular weight excluding hydrogens is 478 g/mol. The molecule has 0 aliphatic rings. The number of carbonyl (C=O) groups is 1. The number of carbonyl (C=O) groups excluding carboxylic acids is 1. The summed E-state index contributed by atoms with van der Waals surface area (Å²) in [5.41, 5.74) is 3.25. The van der Waals surface area contributed by atoms with E-state index in [0.29, 0.717) is 37.0 Å². The highest BCUT2D eigenvalue weighted by Gasteiger charge is 2.22. The first-order valence-corrected chi connectivity index (χ1v) is 12.9. The molecule has 0 atom stereocenters. The van der Waals surface area contributed by atoms with E-state index in [-0.39, 0.29) is 23.7 Å². The maximum Gasteiger partial charge on any atom is 0.287 e. The second kappa shape index (κ2) is 12.4. The van der Waals surface area contributed by atoms with Crippen molar-refractivity contribution in [3.8, 4) is 17.2 Å². The predicted octanol–water partition coefficient (Wildman–Crippen LogP) is 6.91. The molecule has 6 nitrogen and oxygen atoms in total. The van der Waals surface area contributed by atoms with Gasteiger partial charge in [0.05, 0.1) is 13.2 Å². The van der Waals surface area contributed by atoms with Gasteiger partial charge in [-0.15, -0.1) is 0 Å². The maximum absolute atomic E-state index is 12.6. The highest BCUT2D eigenvalue weighted by Crippen LogP contribution is 2.32. The fourth-order valence-electron chi connectivity index (χ4n) is 4.20. The second-order valence-electron chi connectivity index (χ2n) is 9.40. The van der Waals surface area contributed by atoms with Crippen LogP contribution in [0.3, 0.4) is 0 Å². The Kier molecular flexibility index (Phi) is 8.74. The summed E-state index contributed by atoms with van der Waals surface area (Å²) in [6.07, 6.45) is 0. The highest BCUT2D eigenvalue weighted by molar-refractivity contribution is 5.91. The molecule has 3 aromatic carbocycles. The van der Waals surface area contributed by atoms with Crippen LogP contribution in [0.5, 0.6) is 17.2 Å². The summed E-state index contributed by atoms with van der Waals surface area (Å²) < 4.78 is 22.9. The third kappa shape index (κ3) is 6.57. The van der Waals surface area contributed by atoms with Crippen LogP contribution in [0.2, 0.25) is 0 Å². The molecule has 0 fully saturated rings. The third-order valence-corrected chi connectivity index (χ3v) is 6.40. The Morgan fingerprint density at radius 1 is 0.789 bits per heavy atom. The van der Waals surface area contributed by atoms with Crippen molar-refractivity contribution in [1.82, 2.24) is 5.32 Å². The van der Waals surface area contributed by atoms with Crippen molar-refractivity contribution < 1.29 is 23.4 Å². The minimum Gasteiger partial charge on any atom is -0.490 e. The van der Waals surface area contributed by atoms with Gasteiger partial charge in [0.25, 0.3) is 5.91 Å². The van der Waals surface area contributed by atoms with Crippen LogP contribution in [-0.2, 0) is 18.6 Å². The summed E-state index contributed by atoms with van der Waals surface area (Å²) in [5, 5.41) is 2.89. The van der Waals surface area contributed by atoms with Crippen LogP contribution < -0.4 is 19.5 Å². The SMILES string of the molecule is CCOc1ccc(CNC(=O)c2ccc(COc3ccc(C(C)(C)c4ccccc4)cc3)o2)cc1OCC. The number of ether oxygens (including phenoxy) is 3. The van der Waals surface area contributed by atoms with Crippen LogP contribution in [0.1, 0.15) is 60.7 Å². The van der Waals surface area contributed by atoms with Gasteiger partial charge in [-0.2, -0.15) is 0 Å². The summed E-state index contributed by atoms with van der Waals surface area (Å²) in [6, 6.07) is 27.6. The number of rotatable bonds is 12. The smallest absolute Gasteiger partial charge is 0.287 e. The van der Waals surface area contributed by atoms with Crippen LogP contribution in [0.15, 0.2) is 89.3 Å². The van der Waals surface area contributed by atoms with Crippen LogP contribution in [0.25, 0.3) is 0 Å². The van der Waals surface area contributed by atoms with Gasteiger partial charge in [0.15, 0.2) is 17.3 Å². The molecule has 0 aliphatic heterocycles. The summed E-state index contributed by atoms with van der Waals surface area (Å²) >= 11 is 0. The normalized spacial score (nSPS) is 11.2. The van der Waals surface area contributed by atoms with Gasteiger partial charge in [0.2, 0.25) is 0 Å². The second-order valence-corrected chi connectivity index (χ2v) is 9.40. The Balaban J connectivity index is 1.31. The van der Waals surface area contributed by atoms with E-state index in [1.54, 1.807) is 12.1 Å². The van der Waals surface area contributed by atoms with Crippen LogP contribution in [0, 0.1) is 0 Å². The molecule has 1 N–H and O–H groups in total. The first-order valence-electron chi connectivity index (χ1n) is 12.9. The van der Waals surface area contributed by atoms with Gasteiger partial charge in [0, 0.05) is 12.0 Å². The van der Waals surface area contributed by atoms with Crippen LogP contribution in [0.4, 0.5) is 0 Å². The molecule has 0 unspecified atom stereocenters. The van der Waals surface area contributed by atoms with Gasteiger partial charge in [-0.3, -0.25) is 4.79 Å². The molecule has 0 bridgehead atoms. The van der Waals surface area contributed by atoms with E-state index in [1.807, 2.05) is 50.2 Å². The summed E-state index contributed by atoms with van der Waals surface area (Å²) in [7, 11) is 0. The third-order valence-electron chi connectivity index (χ3n) is 6.40. The number of hydrogen-bond donors (Lipinski definition) is 1. The number of hydrogen-bond acceptors (Lipinski definition) is 5. The van der Waals surface area contributed by atoms with Crippen molar-refractivity contribution >= 4 is 5.91 Å². The lowest BCUT2D eigenvalue weighted by Crippen LogP contribution is -2.22. The Hall–Kier alpha value is -4.19. The maximum atomic E-state index is 12.6. The minimum atomic E-state index is -0.296. The molecular formula is C32H35NO5. The molecule has 6 heteroatoms. The predicted molar refractivity (Wildman–Crippen MR) is 148 cm³/mol. The van der Waals surface area contributed by atoms with Crippen molar-refractivity contribution in [2.75, 3.05) is 13.2 Å². The van der Waals surface area contributed by atoms with Crippen molar-refractivity contribution in [2.45, 2.75) is 46.3 Å². The van der Waals surface area contributed by atoms with E-state index in [2.05, 4.69) is 55.6 Å². The molecule has 1 aromatic heterocycles. The molecule has 1 amide bonds. The van der Waals surface area contributed by atoms with Gasteiger partial charge in [0.1, 0.15) is 18.1 Å².